The lowest BCUT2D eigenvalue weighted by Gasteiger charge is -2.32. The van der Waals surface area contributed by atoms with Gasteiger partial charge >= 0.3 is 0 Å². The molecule has 1 aliphatic rings. The van der Waals surface area contributed by atoms with Gasteiger partial charge in [0, 0.05) is 23.7 Å². The molecule has 1 saturated carbocycles. The molecule has 0 aliphatic heterocycles. The number of halogens is 1. The van der Waals surface area contributed by atoms with Gasteiger partial charge in [-0.1, -0.05) is 54.8 Å². The fourth-order valence-electron chi connectivity index (χ4n) is 5.20. The first kappa shape index (κ1) is 32.2. The molecule has 230 valence electrons. The molecule has 0 unspecified atom stereocenters. The van der Waals surface area contributed by atoms with Crippen molar-refractivity contribution in [1.82, 2.24) is 10.2 Å². The molecule has 0 aromatic heterocycles. The summed E-state index contributed by atoms with van der Waals surface area (Å²) in [7, 11) is -1.41. The summed E-state index contributed by atoms with van der Waals surface area (Å²) in [5.74, 6) is -0.171. The van der Waals surface area contributed by atoms with Gasteiger partial charge in [-0.2, -0.15) is 0 Å². The molecule has 0 heterocycles. The van der Waals surface area contributed by atoms with E-state index in [0.29, 0.717) is 17.2 Å². The number of hydrogen-bond acceptors (Lipinski definition) is 6. The summed E-state index contributed by atoms with van der Waals surface area (Å²) in [6.45, 7) is 1.38. The highest BCUT2D eigenvalue weighted by molar-refractivity contribution is 7.92. The molecule has 0 saturated heterocycles. The van der Waals surface area contributed by atoms with E-state index in [1.165, 1.54) is 37.3 Å². The van der Waals surface area contributed by atoms with E-state index in [4.69, 9.17) is 21.1 Å². The van der Waals surface area contributed by atoms with E-state index in [-0.39, 0.29) is 34.8 Å². The van der Waals surface area contributed by atoms with Crippen LogP contribution in [0.1, 0.15) is 38.2 Å². The highest BCUT2D eigenvalue weighted by Gasteiger charge is 2.33. The molecular weight excluding hydrogens is 590 g/mol. The summed E-state index contributed by atoms with van der Waals surface area (Å²) < 4.78 is 39.8. The van der Waals surface area contributed by atoms with Gasteiger partial charge in [-0.15, -0.1) is 0 Å². The van der Waals surface area contributed by atoms with E-state index in [1.807, 2.05) is 30.3 Å². The number of rotatable bonds is 13. The number of nitrogens with zero attached hydrogens (tertiary/aromatic N) is 2. The highest BCUT2D eigenvalue weighted by atomic mass is 35.5. The number of methoxy groups -OCH3 is 2. The van der Waals surface area contributed by atoms with Crippen molar-refractivity contribution in [2.45, 2.75) is 56.0 Å². The molecule has 2 amide bonds. The van der Waals surface area contributed by atoms with E-state index in [2.05, 4.69) is 5.32 Å². The van der Waals surface area contributed by atoms with Gasteiger partial charge in [0.2, 0.25) is 11.8 Å². The number of sulfonamides is 1. The number of amides is 2. The maximum atomic E-state index is 14.1. The van der Waals surface area contributed by atoms with Crippen LogP contribution in [0.5, 0.6) is 11.5 Å². The number of benzene rings is 3. The molecule has 3 aromatic rings. The molecule has 0 bridgehead atoms. The quantitative estimate of drug-likeness (QED) is 0.284. The minimum Gasteiger partial charge on any atom is -0.493 e. The molecule has 1 fully saturated rings. The lowest BCUT2D eigenvalue weighted by molar-refractivity contribution is -0.139. The number of carbonyl (C=O) groups is 2. The Morgan fingerprint density at radius 3 is 2.23 bits per heavy atom. The first-order valence-electron chi connectivity index (χ1n) is 14.3. The van der Waals surface area contributed by atoms with Gasteiger partial charge in [0.05, 0.1) is 24.8 Å². The van der Waals surface area contributed by atoms with Crippen LogP contribution in [-0.4, -0.2) is 64.5 Å². The molecule has 43 heavy (non-hydrogen) atoms. The van der Waals surface area contributed by atoms with Crippen molar-refractivity contribution in [3.8, 4) is 11.5 Å². The molecule has 4 rings (SSSR count). The lowest BCUT2D eigenvalue weighted by Crippen LogP contribution is -2.53. The predicted molar refractivity (Wildman–Crippen MR) is 167 cm³/mol. The minimum atomic E-state index is -4.28. The fourth-order valence-corrected chi connectivity index (χ4v) is 6.76. The van der Waals surface area contributed by atoms with E-state index >= 15 is 0 Å². The highest BCUT2D eigenvalue weighted by Crippen LogP contribution is 2.32. The van der Waals surface area contributed by atoms with Crippen molar-refractivity contribution in [2.24, 2.45) is 0 Å². The third kappa shape index (κ3) is 8.00. The van der Waals surface area contributed by atoms with Crippen LogP contribution >= 0.6 is 11.6 Å². The van der Waals surface area contributed by atoms with Crippen LogP contribution in [0.25, 0.3) is 0 Å². The number of carbonyl (C=O) groups excluding carboxylic acids is 2. The number of nitrogens with one attached hydrogen (secondary N) is 1. The summed E-state index contributed by atoms with van der Waals surface area (Å²) >= 11 is 6.10. The van der Waals surface area contributed by atoms with Crippen molar-refractivity contribution < 1.29 is 27.5 Å². The Morgan fingerprint density at radius 2 is 1.60 bits per heavy atom. The van der Waals surface area contributed by atoms with Gasteiger partial charge < -0.3 is 19.7 Å². The van der Waals surface area contributed by atoms with Gasteiger partial charge in [0.25, 0.3) is 10.0 Å². The molecule has 1 atom stereocenters. The average Bonchev–Trinajstić information content (AvgIpc) is 3.53. The standard InChI is InChI=1S/C32H38ClN3O6S/c1-23(32(38)34-26-11-7-8-12-26)35(20-19-24-9-5-4-6-10-24)31(37)22-36(27-15-13-25(33)14-16-27)43(39,40)28-17-18-29(41-2)30(21-28)42-3/h4-6,9-10,13-18,21,23,26H,7-8,11-12,19-20,22H2,1-3H3,(H,34,38)/t23-/m0/s1. The Labute approximate surface area is 258 Å². The van der Waals surface area contributed by atoms with Crippen LogP contribution in [0.3, 0.4) is 0 Å². The first-order valence-corrected chi connectivity index (χ1v) is 16.1. The van der Waals surface area contributed by atoms with Crippen LogP contribution in [0, 0.1) is 0 Å². The van der Waals surface area contributed by atoms with Crippen molar-refractivity contribution >= 4 is 39.1 Å². The van der Waals surface area contributed by atoms with E-state index < -0.39 is 28.5 Å². The van der Waals surface area contributed by atoms with Crippen molar-refractivity contribution in [3.05, 3.63) is 83.4 Å². The summed E-state index contributed by atoms with van der Waals surface area (Å²) in [6, 6.07) is 19.4. The zero-order valence-corrected chi connectivity index (χ0v) is 26.2. The molecular formula is C32H38ClN3O6S. The summed E-state index contributed by atoms with van der Waals surface area (Å²) in [4.78, 5) is 28.8. The zero-order valence-electron chi connectivity index (χ0n) is 24.7. The Bertz CT molecular complexity index is 1500. The Morgan fingerprint density at radius 1 is 0.953 bits per heavy atom. The maximum absolute atomic E-state index is 14.1. The van der Waals surface area contributed by atoms with Gasteiger partial charge in [0.15, 0.2) is 11.5 Å². The second kappa shape index (κ2) is 14.6. The van der Waals surface area contributed by atoms with Crippen LogP contribution in [0.15, 0.2) is 77.7 Å². The molecule has 1 aliphatic carbocycles. The molecule has 9 nitrogen and oxygen atoms in total. The van der Waals surface area contributed by atoms with Crippen LogP contribution < -0.4 is 19.1 Å². The largest absolute Gasteiger partial charge is 0.493 e. The summed E-state index contributed by atoms with van der Waals surface area (Å²) in [6.07, 6.45) is 4.42. The van der Waals surface area contributed by atoms with Crippen LogP contribution in [-0.2, 0) is 26.0 Å². The predicted octanol–water partition coefficient (Wildman–Crippen LogP) is 5.07. The topological polar surface area (TPSA) is 105 Å². The van der Waals surface area contributed by atoms with Gasteiger partial charge in [-0.05, 0) is 68.1 Å². The van der Waals surface area contributed by atoms with E-state index in [9.17, 15) is 18.0 Å². The third-order valence-corrected chi connectivity index (χ3v) is 9.71. The number of anilines is 1. The normalized spacial score (nSPS) is 14.1. The molecule has 3 aromatic carbocycles. The van der Waals surface area contributed by atoms with Gasteiger partial charge in [-0.25, -0.2) is 8.42 Å². The third-order valence-electron chi connectivity index (χ3n) is 7.69. The molecule has 0 spiro atoms. The first-order chi connectivity index (χ1) is 20.6. The maximum Gasteiger partial charge on any atom is 0.264 e. The van der Waals surface area contributed by atoms with Crippen molar-refractivity contribution in [3.63, 3.8) is 0 Å². The number of ether oxygens (including phenoxy) is 2. The summed E-state index contributed by atoms with van der Waals surface area (Å²) in [5.41, 5.74) is 1.25. The van der Waals surface area contributed by atoms with Crippen LogP contribution in [0.2, 0.25) is 5.02 Å². The average molecular weight is 628 g/mol. The molecule has 11 heteroatoms. The SMILES string of the molecule is COc1ccc(S(=O)(=O)N(CC(=O)N(CCc2ccccc2)[C@@H](C)C(=O)NC2CCCC2)c2ccc(Cl)cc2)cc1OC. The lowest BCUT2D eigenvalue weighted by atomic mass is 10.1. The Balaban J connectivity index is 1.67. The molecule has 0 radical (unpaired) electrons. The molecule has 1 N–H and O–H groups in total. The van der Waals surface area contributed by atoms with Crippen molar-refractivity contribution in [1.29, 1.82) is 0 Å². The van der Waals surface area contributed by atoms with Gasteiger partial charge in [-0.3, -0.25) is 13.9 Å². The Kier molecular flexibility index (Phi) is 10.9. The van der Waals surface area contributed by atoms with E-state index in [1.54, 1.807) is 31.2 Å². The smallest absolute Gasteiger partial charge is 0.264 e. The van der Waals surface area contributed by atoms with Crippen molar-refractivity contribution in [2.75, 3.05) is 31.6 Å². The fraction of sp³-hybridized carbons (Fsp3) is 0.375. The zero-order chi connectivity index (χ0) is 31.0. The van der Waals surface area contributed by atoms with Gasteiger partial charge in [0.1, 0.15) is 12.6 Å². The minimum absolute atomic E-state index is 0.0806. The summed E-state index contributed by atoms with van der Waals surface area (Å²) in [5, 5.41) is 3.49. The Hall–Kier alpha value is -3.76. The number of hydrogen-bond donors (Lipinski definition) is 1. The second-order valence-corrected chi connectivity index (χ2v) is 12.8. The second-order valence-electron chi connectivity index (χ2n) is 10.5. The monoisotopic (exact) mass is 627 g/mol. The van der Waals surface area contributed by atoms with E-state index in [0.717, 1.165) is 35.6 Å². The van der Waals surface area contributed by atoms with Crippen LogP contribution in [0.4, 0.5) is 5.69 Å².